The van der Waals surface area contributed by atoms with E-state index in [2.05, 4.69) is 4.98 Å². The van der Waals surface area contributed by atoms with Gasteiger partial charge in [0, 0.05) is 0 Å². The summed E-state index contributed by atoms with van der Waals surface area (Å²) < 4.78 is 11.2. The lowest BCUT2D eigenvalue weighted by Crippen LogP contribution is -1.99. The van der Waals surface area contributed by atoms with Crippen molar-refractivity contribution in [1.29, 1.82) is 0 Å². The van der Waals surface area contributed by atoms with E-state index in [4.69, 9.17) is 9.15 Å². The van der Waals surface area contributed by atoms with Crippen molar-refractivity contribution >= 4 is 0 Å². The molecule has 2 rings (SSSR count). The highest BCUT2D eigenvalue weighted by atomic mass is 16.5. The maximum atomic E-state index is 5.77. The van der Waals surface area contributed by atoms with Crippen molar-refractivity contribution in [3.63, 3.8) is 0 Å². The molecule has 0 N–H and O–H groups in total. The van der Waals surface area contributed by atoms with Crippen LogP contribution >= 0.6 is 0 Å². The smallest absolute Gasteiger partial charge is 0.232 e. The van der Waals surface area contributed by atoms with Gasteiger partial charge in [-0.25, -0.2) is 4.98 Å². The van der Waals surface area contributed by atoms with Gasteiger partial charge in [-0.05, 0) is 38.8 Å². The molecule has 3 nitrogen and oxygen atoms in total. The number of para-hydroxylation sites is 1. The second kappa shape index (κ2) is 4.62. The lowest BCUT2D eigenvalue weighted by atomic mass is 10.1. The van der Waals surface area contributed by atoms with E-state index in [0.29, 0.717) is 12.5 Å². The monoisotopic (exact) mass is 231 g/mol. The number of hydrogen-bond donors (Lipinski definition) is 0. The number of nitrogens with zero attached hydrogens (tertiary/aromatic N) is 1. The first kappa shape index (κ1) is 11.7. The van der Waals surface area contributed by atoms with Crippen molar-refractivity contribution in [2.45, 2.75) is 34.3 Å². The Morgan fingerprint density at radius 1 is 1.12 bits per heavy atom. The third-order valence-corrected chi connectivity index (χ3v) is 2.82. The maximum absolute atomic E-state index is 5.77. The summed E-state index contributed by atoms with van der Waals surface area (Å²) >= 11 is 0. The molecule has 90 valence electrons. The standard InChI is InChI=1S/C14H17NO2/c1-9-6-5-7-10(2)14(9)16-8-13-15-11(3)12(4)17-13/h5-7H,8H2,1-4H3. The van der Waals surface area contributed by atoms with Gasteiger partial charge in [0.25, 0.3) is 0 Å². The molecule has 0 unspecified atom stereocenters. The van der Waals surface area contributed by atoms with Crippen LogP contribution in [0.2, 0.25) is 0 Å². The average molecular weight is 231 g/mol. The number of aryl methyl sites for hydroxylation is 4. The number of benzene rings is 1. The van der Waals surface area contributed by atoms with Gasteiger partial charge in [-0.1, -0.05) is 18.2 Å². The van der Waals surface area contributed by atoms with Crippen LogP contribution in [0.4, 0.5) is 0 Å². The van der Waals surface area contributed by atoms with Gasteiger partial charge in [0.15, 0.2) is 6.61 Å². The Labute approximate surface area is 101 Å². The van der Waals surface area contributed by atoms with E-state index in [1.165, 1.54) is 0 Å². The fourth-order valence-corrected chi connectivity index (χ4v) is 1.76. The minimum absolute atomic E-state index is 0.375. The number of aromatic nitrogens is 1. The van der Waals surface area contributed by atoms with E-state index in [-0.39, 0.29) is 0 Å². The topological polar surface area (TPSA) is 35.3 Å². The number of ether oxygens (including phenoxy) is 1. The second-order valence-electron chi connectivity index (χ2n) is 4.26. The molecule has 17 heavy (non-hydrogen) atoms. The summed E-state index contributed by atoms with van der Waals surface area (Å²) in [6, 6.07) is 6.10. The Morgan fingerprint density at radius 3 is 2.29 bits per heavy atom. The molecule has 2 aromatic rings. The second-order valence-corrected chi connectivity index (χ2v) is 4.26. The first-order valence-electron chi connectivity index (χ1n) is 5.70. The van der Waals surface area contributed by atoms with Crippen LogP contribution in [0.5, 0.6) is 5.75 Å². The molecule has 0 aliphatic carbocycles. The lowest BCUT2D eigenvalue weighted by Gasteiger charge is -2.09. The van der Waals surface area contributed by atoms with Crippen molar-refractivity contribution < 1.29 is 9.15 Å². The molecule has 0 bridgehead atoms. The zero-order chi connectivity index (χ0) is 12.4. The summed E-state index contributed by atoms with van der Waals surface area (Å²) in [6.45, 7) is 8.29. The average Bonchev–Trinajstić information content (AvgIpc) is 2.58. The SMILES string of the molecule is Cc1cccc(C)c1OCc1nc(C)c(C)o1. The maximum Gasteiger partial charge on any atom is 0.232 e. The third kappa shape index (κ3) is 2.49. The molecule has 3 heteroatoms. The third-order valence-electron chi connectivity index (χ3n) is 2.82. The summed E-state index contributed by atoms with van der Waals surface area (Å²) in [5, 5.41) is 0. The predicted molar refractivity (Wildman–Crippen MR) is 66.2 cm³/mol. The van der Waals surface area contributed by atoms with Gasteiger partial charge in [-0.15, -0.1) is 0 Å². The molecule has 1 aromatic carbocycles. The summed E-state index contributed by atoms with van der Waals surface area (Å²) in [4.78, 5) is 4.29. The van der Waals surface area contributed by atoms with Gasteiger partial charge in [0.1, 0.15) is 11.5 Å². The number of oxazole rings is 1. The Balaban J connectivity index is 2.12. The zero-order valence-corrected chi connectivity index (χ0v) is 10.7. The van der Waals surface area contributed by atoms with Crippen LogP contribution in [0, 0.1) is 27.7 Å². The molecule has 0 radical (unpaired) electrons. The lowest BCUT2D eigenvalue weighted by molar-refractivity contribution is 0.257. The quantitative estimate of drug-likeness (QED) is 0.811. The highest BCUT2D eigenvalue weighted by Gasteiger charge is 2.08. The van der Waals surface area contributed by atoms with Crippen LogP contribution in [0.15, 0.2) is 22.6 Å². The van der Waals surface area contributed by atoms with Crippen molar-refractivity contribution in [2.24, 2.45) is 0 Å². The predicted octanol–water partition coefficient (Wildman–Crippen LogP) is 3.49. The number of hydrogen-bond acceptors (Lipinski definition) is 3. The molecule has 0 saturated heterocycles. The van der Waals surface area contributed by atoms with Gasteiger partial charge in [0.05, 0.1) is 5.69 Å². The van der Waals surface area contributed by atoms with Crippen molar-refractivity contribution in [2.75, 3.05) is 0 Å². The summed E-state index contributed by atoms with van der Waals surface area (Å²) in [5.74, 6) is 2.40. The molecule has 1 heterocycles. The Morgan fingerprint density at radius 2 is 1.76 bits per heavy atom. The van der Waals surface area contributed by atoms with Gasteiger partial charge >= 0.3 is 0 Å². The fourth-order valence-electron chi connectivity index (χ4n) is 1.76. The number of rotatable bonds is 3. The largest absolute Gasteiger partial charge is 0.483 e. The highest BCUT2D eigenvalue weighted by molar-refractivity contribution is 5.39. The fraction of sp³-hybridized carbons (Fsp3) is 0.357. The van der Waals surface area contributed by atoms with E-state index in [0.717, 1.165) is 28.3 Å². The molecular formula is C14H17NO2. The molecule has 0 atom stereocenters. The van der Waals surface area contributed by atoms with E-state index in [1.54, 1.807) is 0 Å². The normalized spacial score (nSPS) is 10.6. The zero-order valence-electron chi connectivity index (χ0n) is 10.7. The Hall–Kier alpha value is -1.77. The van der Waals surface area contributed by atoms with Crippen molar-refractivity contribution in [3.05, 3.63) is 46.7 Å². The van der Waals surface area contributed by atoms with Crippen LogP contribution < -0.4 is 4.74 Å². The van der Waals surface area contributed by atoms with Crippen LogP contribution in [0.3, 0.4) is 0 Å². The molecule has 0 aliphatic rings. The van der Waals surface area contributed by atoms with Gasteiger partial charge in [-0.2, -0.15) is 0 Å². The van der Waals surface area contributed by atoms with Gasteiger partial charge in [-0.3, -0.25) is 0 Å². The van der Waals surface area contributed by atoms with Gasteiger partial charge < -0.3 is 9.15 Å². The molecule has 0 aliphatic heterocycles. The molecule has 0 amide bonds. The molecule has 0 spiro atoms. The molecular weight excluding hydrogens is 214 g/mol. The van der Waals surface area contributed by atoms with Crippen LogP contribution in [0.25, 0.3) is 0 Å². The molecule has 1 aromatic heterocycles. The van der Waals surface area contributed by atoms with E-state index < -0.39 is 0 Å². The minimum atomic E-state index is 0.375. The van der Waals surface area contributed by atoms with E-state index in [1.807, 2.05) is 45.9 Å². The summed E-state index contributed by atoms with van der Waals surface area (Å²) in [7, 11) is 0. The van der Waals surface area contributed by atoms with Crippen LogP contribution in [-0.4, -0.2) is 4.98 Å². The van der Waals surface area contributed by atoms with E-state index >= 15 is 0 Å². The first-order chi connectivity index (χ1) is 8.08. The minimum Gasteiger partial charge on any atom is -0.483 e. The molecule has 0 fully saturated rings. The summed E-state index contributed by atoms with van der Waals surface area (Å²) in [6.07, 6.45) is 0. The Bertz CT molecular complexity index is 489. The van der Waals surface area contributed by atoms with Crippen molar-refractivity contribution in [3.8, 4) is 5.75 Å². The van der Waals surface area contributed by atoms with Crippen molar-refractivity contribution in [1.82, 2.24) is 4.98 Å². The summed E-state index contributed by atoms with van der Waals surface area (Å²) in [5.41, 5.74) is 3.18. The first-order valence-corrected chi connectivity index (χ1v) is 5.70. The van der Waals surface area contributed by atoms with Crippen LogP contribution in [0.1, 0.15) is 28.5 Å². The van der Waals surface area contributed by atoms with Gasteiger partial charge in [0.2, 0.25) is 5.89 Å². The van der Waals surface area contributed by atoms with E-state index in [9.17, 15) is 0 Å². The van der Waals surface area contributed by atoms with Crippen LogP contribution in [-0.2, 0) is 6.61 Å². The highest BCUT2D eigenvalue weighted by Crippen LogP contribution is 2.23. The molecule has 0 saturated carbocycles. The Kier molecular flexibility index (Phi) is 3.18.